The predicted octanol–water partition coefficient (Wildman–Crippen LogP) is 0.903. The third kappa shape index (κ3) is 3.58. The van der Waals surface area contributed by atoms with Crippen LogP contribution >= 0.6 is 0 Å². The Morgan fingerprint density at radius 2 is 2.10 bits per heavy atom. The summed E-state index contributed by atoms with van der Waals surface area (Å²) in [5, 5.41) is 5.79. The van der Waals surface area contributed by atoms with E-state index in [4.69, 9.17) is 0 Å². The summed E-state index contributed by atoms with van der Waals surface area (Å²) in [6, 6.07) is 5.88. The summed E-state index contributed by atoms with van der Waals surface area (Å²) in [4.78, 5) is 25.9. The molecule has 1 aromatic rings. The molecule has 1 aliphatic heterocycles. The molecule has 0 aliphatic carbocycles. The van der Waals surface area contributed by atoms with Gasteiger partial charge >= 0.3 is 0 Å². The van der Waals surface area contributed by atoms with Gasteiger partial charge in [-0.25, -0.2) is 4.39 Å². The van der Waals surface area contributed by atoms with Gasteiger partial charge in [0.2, 0.25) is 11.8 Å². The van der Waals surface area contributed by atoms with E-state index in [1.165, 1.54) is 17.0 Å². The van der Waals surface area contributed by atoms with Gasteiger partial charge in [-0.05, 0) is 44.7 Å². The molecule has 0 saturated carbocycles. The number of nitrogens with one attached hydrogen (secondary N) is 2. The molecular weight excluding hydrogens is 273 g/mol. The molecule has 1 heterocycles. The van der Waals surface area contributed by atoms with E-state index in [-0.39, 0.29) is 23.7 Å². The first-order valence-electron chi connectivity index (χ1n) is 7.05. The molecule has 2 unspecified atom stereocenters. The van der Waals surface area contributed by atoms with Gasteiger partial charge < -0.3 is 15.5 Å². The standard InChI is InChI=1S/C15H20FN3O2/c1-10(17-2)9-18-14(20)13-7-8-19(15(13)21)12-5-3-11(16)4-6-12/h3-6,10,13,17H,7-9H2,1-2H3,(H,18,20). The molecule has 2 rings (SSSR count). The Morgan fingerprint density at radius 3 is 2.71 bits per heavy atom. The van der Waals surface area contributed by atoms with Gasteiger partial charge in [0, 0.05) is 24.8 Å². The summed E-state index contributed by atoms with van der Waals surface area (Å²) in [6.07, 6.45) is 0.482. The summed E-state index contributed by atoms with van der Waals surface area (Å²) in [5.41, 5.74) is 0.625. The van der Waals surface area contributed by atoms with Crippen molar-refractivity contribution in [1.82, 2.24) is 10.6 Å². The number of anilines is 1. The molecule has 2 atom stereocenters. The van der Waals surface area contributed by atoms with Crippen LogP contribution in [-0.4, -0.2) is 38.0 Å². The lowest BCUT2D eigenvalue weighted by Gasteiger charge is -2.17. The maximum atomic E-state index is 12.9. The van der Waals surface area contributed by atoms with Crippen LogP contribution in [0.25, 0.3) is 0 Å². The van der Waals surface area contributed by atoms with E-state index in [2.05, 4.69) is 10.6 Å². The summed E-state index contributed by atoms with van der Waals surface area (Å²) in [6.45, 7) is 2.90. The first-order chi connectivity index (χ1) is 10.0. The van der Waals surface area contributed by atoms with Crippen LogP contribution in [0.5, 0.6) is 0 Å². The largest absolute Gasteiger partial charge is 0.354 e. The van der Waals surface area contributed by atoms with E-state index in [0.717, 1.165) is 0 Å². The van der Waals surface area contributed by atoms with Crippen LogP contribution in [0.3, 0.4) is 0 Å². The first-order valence-corrected chi connectivity index (χ1v) is 7.05. The molecule has 114 valence electrons. The molecule has 0 aromatic heterocycles. The van der Waals surface area contributed by atoms with Crippen molar-refractivity contribution in [2.24, 2.45) is 5.92 Å². The number of hydrogen-bond donors (Lipinski definition) is 2. The van der Waals surface area contributed by atoms with E-state index < -0.39 is 5.92 Å². The number of carbonyl (C=O) groups is 2. The van der Waals surface area contributed by atoms with Crippen LogP contribution in [0.15, 0.2) is 24.3 Å². The zero-order valence-corrected chi connectivity index (χ0v) is 12.2. The molecule has 1 fully saturated rings. The van der Waals surface area contributed by atoms with Gasteiger partial charge in [0.25, 0.3) is 0 Å². The molecule has 1 saturated heterocycles. The zero-order chi connectivity index (χ0) is 15.4. The number of nitrogens with zero attached hydrogens (tertiary/aromatic N) is 1. The van der Waals surface area contributed by atoms with Crippen molar-refractivity contribution in [3.63, 3.8) is 0 Å². The molecule has 0 radical (unpaired) electrons. The first kappa shape index (κ1) is 15.4. The highest BCUT2D eigenvalue weighted by atomic mass is 19.1. The number of hydrogen-bond acceptors (Lipinski definition) is 3. The number of benzene rings is 1. The summed E-state index contributed by atoms with van der Waals surface area (Å²) in [5.74, 6) is -1.47. The van der Waals surface area contributed by atoms with Gasteiger partial charge in [-0.15, -0.1) is 0 Å². The number of likely N-dealkylation sites (N-methyl/N-ethyl adjacent to an activating group) is 1. The van der Waals surface area contributed by atoms with Gasteiger partial charge in [0.05, 0.1) is 0 Å². The SMILES string of the molecule is CNC(C)CNC(=O)C1CCN(c2ccc(F)cc2)C1=O. The van der Waals surface area contributed by atoms with Crippen LogP contribution in [0.1, 0.15) is 13.3 Å². The summed E-state index contributed by atoms with van der Waals surface area (Å²) in [7, 11) is 1.81. The van der Waals surface area contributed by atoms with E-state index in [1.54, 1.807) is 12.1 Å². The van der Waals surface area contributed by atoms with Crippen molar-refractivity contribution in [2.45, 2.75) is 19.4 Å². The average molecular weight is 293 g/mol. The smallest absolute Gasteiger partial charge is 0.239 e. The molecule has 6 heteroatoms. The molecule has 1 aromatic carbocycles. The van der Waals surface area contributed by atoms with Crippen molar-refractivity contribution < 1.29 is 14.0 Å². The van der Waals surface area contributed by atoms with Crippen molar-refractivity contribution >= 4 is 17.5 Å². The Bertz CT molecular complexity index is 518. The maximum absolute atomic E-state index is 12.9. The molecule has 2 amide bonds. The van der Waals surface area contributed by atoms with Crippen LogP contribution in [0.2, 0.25) is 0 Å². The molecular formula is C15H20FN3O2. The Labute approximate surface area is 123 Å². The Morgan fingerprint density at radius 1 is 1.43 bits per heavy atom. The minimum absolute atomic E-state index is 0.152. The number of amides is 2. The maximum Gasteiger partial charge on any atom is 0.239 e. The molecule has 5 nitrogen and oxygen atoms in total. The third-order valence-corrected chi connectivity index (χ3v) is 3.74. The third-order valence-electron chi connectivity index (χ3n) is 3.74. The van der Waals surface area contributed by atoms with Gasteiger partial charge in [0.15, 0.2) is 0 Å². The highest BCUT2D eigenvalue weighted by molar-refractivity contribution is 6.09. The van der Waals surface area contributed by atoms with Crippen LogP contribution in [0.4, 0.5) is 10.1 Å². The van der Waals surface area contributed by atoms with Crippen molar-refractivity contribution in [1.29, 1.82) is 0 Å². The molecule has 21 heavy (non-hydrogen) atoms. The second-order valence-corrected chi connectivity index (χ2v) is 5.24. The summed E-state index contributed by atoms with van der Waals surface area (Å²) >= 11 is 0. The fraction of sp³-hybridized carbons (Fsp3) is 0.467. The second-order valence-electron chi connectivity index (χ2n) is 5.24. The lowest BCUT2D eigenvalue weighted by atomic mass is 10.1. The molecule has 0 spiro atoms. The van der Waals surface area contributed by atoms with E-state index in [9.17, 15) is 14.0 Å². The minimum atomic E-state index is -0.654. The predicted molar refractivity (Wildman–Crippen MR) is 78.4 cm³/mol. The monoisotopic (exact) mass is 293 g/mol. The summed E-state index contributed by atoms with van der Waals surface area (Å²) < 4.78 is 12.9. The van der Waals surface area contributed by atoms with Crippen molar-refractivity contribution in [2.75, 3.05) is 25.0 Å². The van der Waals surface area contributed by atoms with Crippen molar-refractivity contribution in [3.8, 4) is 0 Å². The van der Waals surface area contributed by atoms with Gasteiger partial charge in [-0.1, -0.05) is 0 Å². The van der Waals surface area contributed by atoms with Crippen molar-refractivity contribution in [3.05, 3.63) is 30.1 Å². The number of rotatable bonds is 5. The fourth-order valence-corrected chi connectivity index (χ4v) is 2.28. The van der Waals surface area contributed by atoms with Gasteiger partial charge in [-0.3, -0.25) is 9.59 Å². The fourth-order valence-electron chi connectivity index (χ4n) is 2.28. The van der Waals surface area contributed by atoms with E-state index in [0.29, 0.717) is 25.2 Å². The van der Waals surface area contributed by atoms with E-state index in [1.807, 2.05) is 14.0 Å². The highest BCUT2D eigenvalue weighted by Gasteiger charge is 2.37. The quantitative estimate of drug-likeness (QED) is 0.793. The zero-order valence-electron chi connectivity index (χ0n) is 12.2. The number of halogens is 1. The van der Waals surface area contributed by atoms with E-state index >= 15 is 0 Å². The Hall–Kier alpha value is -1.95. The second kappa shape index (κ2) is 6.67. The minimum Gasteiger partial charge on any atom is -0.354 e. The normalized spacial score (nSPS) is 19.7. The Kier molecular flexibility index (Phi) is 4.90. The van der Waals surface area contributed by atoms with Crippen LogP contribution in [0, 0.1) is 11.7 Å². The Balaban J connectivity index is 1.98. The lowest BCUT2D eigenvalue weighted by Crippen LogP contribution is -2.42. The molecule has 0 bridgehead atoms. The van der Waals surface area contributed by atoms with Gasteiger partial charge in [-0.2, -0.15) is 0 Å². The van der Waals surface area contributed by atoms with Crippen LogP contribution < -0.4 is 15.5 Å². The highest BCUT2D eigenvalue weighted by Crippen LogP contribution is 2.25. The average Bonchev–Trinajstić information content (AvgIpc) is 2.87. The lowest BCUT2D eigenvalue weighted by molar-refractivity contribution is -0.132. The van der Waals surface area contributed by atoms with Gasteiger partial charge in [0.1, 0.15) is 11.7 Å². The topological polar surface area (TPSA) is 61.4 Å². The number of carbonyl (C=O) groups excluding carboxylic acids is 2. The van der Waals surface area contributed by atoms with Crippen LogP contribution in [-0.2, 0) is 9.59 Å². The molecule has 1 aliphatic rings. The molecule has 2 N–H and O–H groups in total.